The molecule has 3 rings (SSSR count). The van der Waals surface area contributed by atoms with Crippen molar-refractivity contribution in [3.63, 3.8) is 0 Å². The largest absolute Gasteiger partial charge is 0.381 e. The van der Waals surface area contributed by atoms with E-state index >= 15 is 0 Å². The Balaban J connectivity index is 1.42. The third-order valence-electron chi connectivity index (χ3n) is 4.53. The van der Waals surface area contributed by atoms with Crippen LogP contribution in [0.15, 0.2) is 18.2 Å². The Hall–Kier alpha value is -0.680. The van der Waals surface area contributed by atoms with Crippen LogP contribution in [-0.2, 0) is 16.0 Å². The molecule has 1 atom stereocenters. The van der Waals surface area contributed by atoms with Crippen LogP contribution in [0.25, 0.3) is 0 Å². The van der Waals surface area contributed by atoms with Crippen LogP contribution in [0.1, 0.15) is 24.8 Å². The lowest BCUT2D eigenvalue weighted by Crippen LogP contribution is -2.37. The van der Waals surface area contributed by atoms with Gasteiger partial charge in [-0.15, -0.1) is 0 Å². The number of likely N-dealkylation sites (tertiary alicyclic amines) is 1. The number of hydrogen-bond acceptors (Lipinski definition) is 3. The number of halogens is 2. The Bertz CT molecular complexity index is 486. The summed E-state index contributed by atoms with van der Waals surface area (Å²) >= 11 is 6.14. The van der Waals surface area contributed by atoms with Crippen LogP contribution in [0.5, 0.6) is 0 Å². The zero-order chi connectivity index (χ0) is 15.4. The lowest BCUT2D eigenvalue weighted by atomic mass is 10.1. The summed E-state index contributed by atoms with van der Waals surface area (Å²) < 4.78 is 24.7. The molecule has 0 aliphatic carbocycles. The third kappa shape index (κ3) is 4.42. The van der Waals surface area contributed by atoms with Crippen LogP contribution in [0.4, 0.5) is 4.39 Å². The molecule has 0 spiro atoms. The highest BCUT2D eigenvalue weighted by atomic mass is 35.5. The normalized spacial score (nSPS) is 24.0. The van der Waals surface area contributed by atoms with E-state index in [-0.39, 0.29) is 5.82 Å². The number of rotatable bonds is 5. The molecule has 2 fully saturated rings. The lowest BCUT2D eigenvalue weighted by molar-refractivity contribution is -0.0116. The minimum atomic E-state index is -0.226. The van der Waals surface area contributed by atoms with E-state index in [1.807, 2.05) is 0 Å². The number of hydrogen-bond donors (Lipinski definition) is 0. The summed E-state index contributed by atoms with van der Waals surface area (Å²) in [5.41, 5.74) is 0.865. The van der Waals surface area contributed by atoms with Crippen LogP contribution in [0.3, 0.4) is 0 Å². The molecule has 0 aromatic heterocycles. The van der Waals surface area contributed by atoms with Crippen molar-refractivity contribution >= 4 is 11.6 Å². The summed E-state index contributed by atoms with van der Waals surface area (Å²) in [4.78, 5) is 2.32. The maximum absolute atomic E-state index is 13.3. The molecule has 3 nitrogen and oxygen atoms in total. The van der Waals surface area contributed by atoms with E-state index in [9.17, 15) is 4.39 Å². The Kier molecular flexibility index (Phi) is 5.69. The third-order valence-corrected chi connectivity index (χ3v) is 4.90. The second kappa shape index (κ2) is 7.73. The first kappa shape index (κ1) is 16.2. The van der Waals surface area contributed by atoms with E-state index in [1.165, 1.54) is 12.1 Å². The summed E-state index contributed by atoms with van der Waals surface area (Å²) in [6.45, 7) is 5.19. The van der Waals surface area contributed by atoms with Crippen molar-refractivity contribution in [2.75, 3.05) is 32.9 Å². The summed E-state index contributed by atoms with van der Waals surface area (Å²) in [5.74, 6) is 0.348. The fourth-order valence-electron chi connectivity index (χ4n) is 3.13. The second-order valence-electron chi connectivity index (χ2n) is 6.27. The quantitative estimate of drug-likeness (QED) is 0.826. The van der Waals surface area contributed by atoms with Gasteiger partial charge >= 0.3 is 0 Å². The summed E-state index contributed by atoms with van der Waals surface area (Å²) in [6, 6.07) is 4.56. The van der Waals surface area contributed by atoms with Crippen molar-refractivity contribution in [1.29, 1.82) is 0 Å². The molecule has 0 saturated carbocycles. The van der Waals surface area contributed by atoms with E-state index in [0.29, 0.717) is 23.6 Å². The summed E-state index contributed by atoms with van der Waals surface area (Å²) in [7, 11) is 0. The van der Waals surface area contributed by atoms with E-state index < -0.39 is 0 Å². The Labute approximate surface area is 136 Å². The first-order valence-corrected chi connectivity index (χ1v) is 8.44. The molecule has 5 heteroatoms. The van der Waals surface area contributed by atoms with Gasteiger partial charge in [-0.05, 0) is 43.0 Å². The van der Waals surface area contributed by atoms with Gasteiger partial charge < -0.3 is 9.47 Å². The maximum Gasteiger partial charge on any atom is 0.123 e. The standard InChI is InChI=1S/C17H23ClFNO2/c18-17-2-1-15(19)9-14(17)10-20-6-3-16(4-7-20)22-12-13-5-8-21-11-13/h1-2,9,13,16H,3-8,10-12H2/t13-/m1/s1. The van der Waals surface area contributed by atoms with Crippen molar-refractivity contribution in [1.82, 2.24) is 4.90 Å². The molecule has 0 amide bonds. The maximum atomic E-state index is 13.3. The van der Waals surface area contributed by atoms with E-state index in [4.69, 9.17) is 21.1 Å². The zero-order valence-electron chi connectivity index (χ0n) is 12.8. The van der Waals surface area contributed by atoms with Gasteiger partial charge in [-0.2, -0.15) is 0 Å². The highest BCUT2D eigenvalue weighted by Gasteiger charge is 2.23. The number of benzene rings is 1. The van der Waals surface area contributed by atoms with Gasteiger partial charge in [0, 0.05) is 37.2 Å². The van der Waals surface area contributed by atoms with Gasteiger partial charge in [0.2, 0.25) is 0 Å². The van der Waals surface area contributed by atoms with Gasteiger partial charge in [-0.3, -0.25) is 4.90 Å². The number of nitrogens with zero attached hydrogens (tertiary/aromatic N) is 1. The fourth-order valence-corrected chi connectivity index (χ4v) is 3.30. The van der Waals surface area contributed by atoms with E-state index in [0.717, 1.165) is 57.7 Å². The topological polar surface area (TPSA) is 21.7 Å². The molecule has 0 radical (unpaired) electrons. The van der Waals surface area contributed by atoms with Gasteiger partial charge in [0.1, 0.15) is 5.82 Å². The minimum Gasteiger partial charge on any atom is -0.381 e. The van der Waals surface area contributed by atoms with E-state index in [1.54, 1.807) is 6.07 Å². The van der Waals surface area contributed by atoms with Crippen molar-refractivity contribution < 1.29 is 13.9 Å². The molecular formula is C17H23ClFNO2. The number of piperidine rings is 1. The molecule has 0 N–H and O–H groups in total. The van der Waals surface area contributed by atoms with Crippen LogP contribution in [0.2, 0.25) is 5.02 Å². The highest BCUT2D eigenvalue weighted by Crippen LogP contribution is 2.22. The Morgan fingerprint density at radius 2 is 2.09 bits per heavy atom. The van der Waals surface area contributed by atoms with Crippen molar-refractivity contribution in [3.05, 3.63) is 34.6 Å². The SMILES string of the molecule is Fc1ccc(Cl)c(CN2CCC(OC[C@@H]3CCOC3)CC2)c1. The van der Waals surface area contributed by atoms with Gasteiger partial charge in [0.25, 0.3) is 0 Å². The lowest BCUT2D eigenvalue weighted by Gasteiger charge is -2.32. The first-order chi connectivity index (χ1) is 10.7. The summed E-state index contributed by atoms with van der Waals surface area (Å²) in [6.07, 6.45) is 3.53. The van der Waals surface area contributed by atoms with Crippen molar-refractivity contribution in [2.45, 2.75) is 31.9 Å². The molecule has 0 bridgehead atoms. The minimum absolute atomic E-state index is 0.226. The smallest absolute Gasteiger partial charge is 0.123 e. The van der Waals surface area contributed by atoms with Gasteiger partial charge in [-0.1, -0.05) is 11.6 Å². The number of ether oxygens (including phenoxy) is 2. The monoisotopic (exact) mass is 327 g/mol. The molecule has 2 aliphatic rings. The molecule has 22 heavy (non-hydrogen) atoms. The average molecular weight is 328 g/mol. The molecule has 2 saturated heterocycles. The van der Waals surface area contributed by atoms with Gasteiger partial charge in [0.15, 0.2) is 0 Å². The molecule has 2 aliphatic heterocycles. The van der Waals surface area contributed by atoms with Crippen molar-refractivity contribution in [3.8, 4) is 0 Å². The molecular weight excluding hydrogens is 305 g/mol. The highest BCUT2D eigenvalue weighted by molar-refractivity contribution is 6.31. The van der Waals surface area contributed by atoms with Crippen LogP contribution in [0, 0.1) is 11.7 Å². The fraction of sp³-hybridized carbons (Fsp3) is 0.647. The first-order valence-electron chi connectivity index (χ1n) is 8.06. The Morgan fingerprint density at radius 3 is 2.82 bits per heavy atom. The predicted octanol–water partition coefficient (Wildman–Crippen LogP) is 3.50. The average Bonchev–Trinajstić information content (AvgIpc) is 3.04. The molecule has 122 valence electrons. The Morgan fingerprint density at radius 1 is 1.27 bits per heavy atom. The van der Waals surface area contributed by atoms with Crippen LogP contribution >= 0.6 is 11.6 Å². The second-order valence-corrected chi connectivity index (χ2v) is 6.68. The predicted molar refractivity (Wildman–Crippen MR) is 84.6 cm³/mol. The van der Waals surface area contributed by atoms with Crippen LogP contribution in [-0.4, -0.2) is 43.9 Å². The van der Waals surface area contributed by atoms with E-state index in [2.05, 4.69) is 4.90 Å². The van der Waals surface area contributed by atoms with Crippen LogP contribution < -0.4 is 0 Å². The molecule has 2 heterocycles. The van der Waals surface area contributed by atoms with Gasteiger partial charge in [0.05, 0.1) is 19.3 Å². The van der Waals surface area contributed by atoms with Crippen molar-refractivity contribution in [2.24, 2.45) is 5.92 Å². The van der Waals surface area contributed by atoms with Gasteiger partial charge in [-0.25, -0.2) is 4.39 Å². The molecule has 1 aromatic carbocycles. The molecule has 1 aromatic rings. The zero-order valence-corrected chi connectivity index (χ0v) is 13.5. The molecule has 0 unspecified atom stereocenters. The summed E-state index contributed by atoms with van der Waals surface area (Å²) in [5, 5.41) is 0.640.